The third-order valence-corrected chi connectivity index (χ3v) is 6.96. The van der Waals surface area contributed by atoms with E-state index in [2.05, 4.69) is 22.0 Å². The Morgan fingerprint density at radius 1 is 0.875 bits per heavy atom. The van der Waals surface area contributed by atoms with Crippen LogP contribution in [0.1, 0.15) is 28.7 Å². The number of carbonyl (C=O) groups excluding carboxylic acids is 3. The van der Waals surface area contributed by atoms with E-state index in [1.165, 1.54) is 7.05 Å². The fourth-order valence-corrected chi connectivity index (χ4v) is 4.72. The highest BCUT2D eigenvalue weighted by atomic mass is 35.5. The van der Waals surface area contributed by atoms with Gasteiger partial charge in [0.05, 0.1) is 17.7 Å². The number of halogens is 2. The van der Waals surface area contributed by atoms with Crippen molar-refractivity contribution in [2.75, 3.05) is 7.05 Å². The summed E-state index contributed by atoms with van der Waals surface area (Å²) < 4.78 is 0. The Balaban J connectivity index is 1.82. The van der Waals surface area contributed by atoms with E-state index >= 15 is 0 Å². The zero-order valence-corrected chi connectivity index (χ0v) is 23.5. The predicted molar refractivity (Wildman–Crippen MR) is 156 cm³/mol. The second-order valence-electron chi connectivity index (χ2n) is 9.35. The predicted octanol–water partition coefficient (Wildman–Crippen LogP) is 3.33. The second-order valence-corrected chi connectivity index (χ2v) is 10.2. The molecule has 0 heterocycles. The van der Waals surface area contributed by atoms with Crippen molar-refractivity contribution in [3.8, 4) is 6.07 Å². The van der Waals surface area contributed by atoms with Crippen LogP contribution in [0.2, 0.25) is 10.0 Å². The zero-order chi connectivity index (χ0) is 29.1. The molecule has 0 aliphatic heterocycles. The number of nitrogens with two attached hydrogens (primary N) is 1. The maximum atomic E-state index is 13.6. The van der Waals surface area contributed by atoms with Crippen molar-refractivity contribution in [1.82, 2.24) is 16.0 Å². The van der Waals surface area contributed by atoms with E-state index in [-0.39, 0.29) is 25.2 Å². The molecule has 10 heteroatoms. The molecule has 40 heavy (non-hydrogen) atoms. The molecule has 8 nitrogen and oxygen atoms in total. The summed E-state index contributed by atoms with van der Waals surface area (Å²) in [6.07, 6.45) is 0.628. The lowest BCUT2D eigenvalue weighted by molar-refractivity contribution is -0.130. The van der Waals surface area contributed by atoms with Gasteiger partial charge in [-0.1, -0.05) is 77.8 Å². The molecule has 0 fully saturated rings. The highest BCUT2D eigenvalue weighted by Gasteiger charge is 2.28. The average Bonchev–Trinajstić information content (AvgIpc) is 2.94. The Bertz CT molecular complexity index is 1380. The van der Waals surface area contributed by atoms with Crippen LogP contribution < -0.4 is 21.7 Å². The van der Waals surface area contributed by atoms with Crippen LogP contribution in [-0.2, 0) is 33.6 Å². The Morgan fingerprint density at radius 2 is 1.57 bits per heavy atom. The minimum Gasteiger partial charge on any atom is -0.359 e. The van der Waals surface area contributed by atoms with Crippen molar-refractivity contribution >= 4 is 40.9 Å². The minimum absolute atomic E-state index is 0.0456. The lowest BCUT2D eigenvalue weighted by Gasteiger charge is -2.25. The van der Waals surface area contributed by atoms with E-state index in [9.17, 15) is 19.6 Å². The van der Waals surface area contributed by atoms with Gasteiger partial charge in [-0.3, -0.25) is 14.4 Å². The summed E-state index contributed by atoms with van der Waals surface area (Å²) >= 11 is 12.4. The molecule has 0 aromatic heterocycles. The second kappa shape index (κ2) is 15.0. The zero-order valence-electron chi connectivity index (χ0n) is 22.0. The van der Waals surface area contributed by atoms with Crippen molar-refractivity contribution in [3.63, 3.8) is 0 Å². The van der Waals surface area contributed by atoms with Gasteiger partial charge in [0, 0.05) is 36.0 Å². The highest BCUT2D eigenvalue weighted by Crippen LogP contribution is 2.22. The Labute approximate surface area is 243 Å². The maximum Gasteiger partial charge on any atom is 0.243 e. The number of nitrogens with zero attached hydrogens (tertiary/aromatic N) is 1. The number of nitrogens with one attached hydrogen (secondary N) is 3. The lowest BCUT2D eigenvalue weighted by atomic mass is 9.99. The van der Waals surface area contributed by atoms with Crippen LogP contribution in [0.4, 0.5) is 0 Å². The first-order valence-electron chi connectivity index (χ1n) is 12.7. The topological polar surface area (TPSA) is 137 Å². The van der Waals surface area contributed by atoms with E-state index in [1.54, 1.807) is 42.5 Å². The summed E-state index contributed by atoms with van der Waals surface area (Å²) in [5.74, 6) is -1.29. The molecule has 0 aliphatic carbocycles. The Hall–Kier alpha value is -3.90. The largest absolute Gasteiger partial charge is 0.359 e. The fraction of sp³-hybridized carbons (Fsp3) is 0.267. The van der Waals surface area contributed by atoms with Crippen molar-refractivity contribution in [2.45, 2.75) is 43.8 Å². The fourth-order valence-electron chi connectivity index (χ4n) is 4.23. The van der Waals surface area contributed by atoms with Crippen LogP contribution in [0.15, 0.2) is 72.8 Å². The smallest absolute Gasteiger partial charge is 0.243 e. The quantitative estimate of drug-likeness (QED) is 0.261. The van der Waals surface area contributed by atoms with E-state index in [0.29, 0.717) is 33.2 Å². The molecule has 3 aromatic carbocycles. The first-order chi connectivity index (χ1) is 19.2. The third kappa shape index (κ3) is 9.09. The number of hydrogen-bond acceptors (Lipinski definition) is 5. The molecule has 0 radical (unpaired) electrons. The van der Waals surface area contributed by atoms with Gasteiger partial charge in [0.1, 0.15) is 6.04 Å². The molecule has 3 rings (SSSR count). The van der Waals surface area contributed by atoms with Crippen molar-refractivity contribution in [1.29, 1.82) is 5.26 Å². The monoisotopic (exact) mass is 579 g/mol. The van der Waals surface area contributed by atoms with Crippen molar-refractivity contribution in [3.05, 3.63) is 105 Å². The molecule has 3 aromatic rings. The molecule has 3 atom stereocenters. The van der Waals surface area contributed by atoms with Gasteiger partial charge in [-0.15, -0.1) is 0 Å². The summed E-state index contributed by atoms with van der Waals surface area (Å²) in [7, 11) is 1.53. The van der Waals surface area contributed by atoms with E-state index in [0.717, 1.165) is 5.56 Å². The lowest BCUT2D eigenvalue weighted by Crippen LogP contribution is -2.55. The van der Waals surface area contributed by atoms with Crippen LogP contribution in [0.5, 0.6) is 0 Å². The van der Waals surface area contributed by atoms with Gasteiger partial charge in [0.2, 0.25) is 17.7 Å². The Morgan fingerprint density at radius 3 is 2.25 bits per heavy atom. The number of hydrogen-bond donors (Lipinski definition) is 4. The van der Waals surface area contributed by atoms with E-state index < -0.39 is 29.9 Å². The number of nitriles is 1. The molecule has 3 amide bonds. The molecular formula is C30H31Cl2N5O3. The normalized spacial score (nSPS) is 12.9. The van der Waals surface area contributed by atoms with Gasteiger partial charge in [0.15, 0.2) is 0 Å². The molecule has 0 spiro atoms. The summed E-state index contributed by atoms with van der Waals surface area (Å²) in [5, 5.41) is 18.4. The van der Waals surface area contributed by atoms with Gasteiger partial charge in [-0.2, -0.15) is 5.26 Å². The van der Waals surface area contributed by atoms with Crippen LogP contribution >= 0.6 is 23.2 Å². The van der Waals surface area contributed by atoms with E-state index in [4.69, 9.17) is 28.9 Å². The number of benzene rings is 3. The van der Waals surface area contributed by atoms with Gasteiger partial charge in [0.25, 0.3) is 0 Å². The number of carbonyl (C=O) groups is 3. The molecule has 0 saturated carbocycles. The van der Waals surface area contributed by atoms with Crippen LogP contribution in [-0.4, -0.2) is 42.9 Å². The summed E-state index contributed by atoms with van der Waals surface area (Å²) in [6, 6.07) is 20.7. The SMILES string of the molecule is CNC(=O)C[C@H](Cc1ccccc1)NC(=O)[C@@H](Cc1ccc(Cl)cc1Cl)NC(=O)[C@H](N)Cc1ccccc1C#N. The van der Waals surface area contributed by atoms with Gasteiger partial charge >= 0.3 is 0 Å². The molecule has 208 valence electrons. The number of amides is 3. The molecule has 0 aliphatic rings. The van der Waals surface area contributed by atoms with Gasteiger partial charge in [-0.25, -0.2) is 0 Å². The molecule has 0 bridgehead atoms. The molecule has 0 saturated heterocycles. The summed E-state index contributed by atoms with van der Waals surface area (Å²) in [6.45, 7) is 0. The van der Waals surface area contributed by atoms with Crippen LogP contribution in [0, 0.1) is 11.3 Å². The van der Waals surface area contributed by atoms with Gasteiger partial charge < -0.3 is 21.7 Å². The van der Waals surface area contributed by atoms with Crippen LogP contribution in [0.3, 0.4) is 0 Å². The first-order valence-corrected chi connectivity index (χ1v) is 13.5. The van der Waals surface area contributed by atoms with Gasteiger partial charge in [-0.05, 0) is 47.7 Å². The first kappa shape index (κ1) is 30.6. The van der Waals surface area contributed by atoms with Crippen molar-refractivity contribution in [2.24, 2.45) is 5.73 Å². The standard InChI is InChI=1S/C30H31Cl2N5O3/c1-35-28(38)17-24(13-19-7-3-2-4-8-19)36-30(40)27(15-21-11-12-23(31)16-25(21)32)37-29(39)26(34)14-20-9-5-6-10-22(20)18-33/h2-12,16,24,26-27H,13-15,17,34H2,1H3,(H,35,38)(H,36,40)(H,37,39)/t24-,26+,27+/m0/s1. The molecule has 5 N–H and O–H groups in total. The number of rotatable bonds is 12. The minimum atomic E-state index is -1.05. The molecule has 0 unspecified atom stereocenters. The average molecular weight is 581 g/mol. The molecular weight excluding hydrogens is 549 g/mol. The van der Waals surface area contributed by atoms with Crippen LogP contribution in [0.25, 0.3) is 0 Å². The summed E-state index contributed by atoms with van der Waals surface area (Å²) in [5.41, 5.74) is 8.79. The highest BCUT2D eigenvalue weighted by molar-refractivity contribution is 6.35. The maximum absolute atomic E-state index is 13.6. The summed E-state index contributed by atoms with van der Waals surface area (Å²) in [4.78, 5) is 39.0. The van der Waals surface area contributed by atoms with E-state index in [1.807, 2.05) is 30.3 Å². The Kier molecular flexibility index (Phi) is 11.5. The van der Waals surface area contributed by atoms with Crippen molar-refractivity contribution < 1.29 is 14.4 Å². The third-order valence-electron chi connectivity index (χ3n) is 6.37.